The summed E-state index contributed by atoms with van der Waals surface area (Å²) in [5, 5.41) is 0. The van der Waals surface area contributed by atoms with Gasteiger partial charge in [-0.1, -0.05) is 12.1 Å². The second-order valence-electron chi connectivity index (χ2n) is 5.40. The molecule has 0 radical (unpaired) electrons. The molecule has 2 rings (SSSR count). The molecule has 2 amide bonds. The Morgan fingerprint density at radius 1 is 1.45 bits per heavy atom. The summed E-state index contributed by atoms with van der Waals surface area (Å²) < 4.78 is 5.56. The lowest BCUT2D eigenvalue weighted by molar-refractivity contribution is -0.129. The zero-order valence-corrected chi connectivity index (χ0v) is 11.7. The number of carbonyl (C=O) groups excluding carboxylic acids is 2. The molecule has 0 bridgehead atoms. The van der Waals surface area contributed by atoms with Gasteiger partial charge in [0.05, 0.1) is 24.1 Å². The highest BCUT2D eigenvalue weighted by Crippen LogP contribution is 2.33. The molecule has 1 heterocycles. The first kappa shape index (κ1) is 14.3. The van der Waals surface area contributed by atoms with E-state index in [9.17, 15) is 9.59 Å². The molecule has 6 heteroatoms. The van der Waals surface area contributed by atoms with Gasteiger partial charge in [0.1, 0.15) is 5.75 Å². The Morgan fingerprint density at radius 2 is 2.15 bits per heavy atom. The number of hydrazine groups is 1. The molecule has 0 saturated heterocycles. The molecule has 1 aliphatic rings. The van der Waals surface area contributed by atoms with Crippen molar-refractivity contribution < 1.29 is 14.3 Å². The van der Waals surface area contributed by atoms with Gasteiger partial charge in [-0.25, -0.2) is 5.84 Å². The van der Waals surface area contributed by atoms with Crippen molar-refractivity contribution in [1.82, 2.24) is 5.43 Å². The summed E-state index contributed by atoms with van der Waals surface area (Å²) >= 11 is 0. The van der Waals surface area contributed by atoms with Gasteiger partial charge < -0.3 is 9.64 Å². The van der Waals surface area contributed by atoms with Crippen LogP contribution in [0, 0.1) is 5.41 Å². The summed E-state index contributed by atoms with van der Waals surface area (Å²) in [5.74, 6) is 5.48. The number of rotatable bonds is 3. The maximum absolute atomic E-state index is 12.2. The van der Waals surface area contributed by atoms with Gasteiger partial charge >= 0.3 is 0 Å². The fourth-order valence-corrected chi connectivity index (χ4v) is 2.16. The first-order chi connectivity index (χ1) is 9.45. The highest BCUT2D eigenvalue weighted by molar-refractivity contribution is 5.96. The average molecular weight is 277 g/mol. The van der Waals surface area contributed by atoms with Crippen LogP contribution in [0.3, 0.4) is 0 Å². The molecular formula is C14H19N3O3. The normalized spacial score (nSPS) is 15.2. The minimum atomic E-state index is -0.790. The average Bonchev–Trinajstić information content (AvgIpc) is 2.58. The van der Waals surface area contributed by atoms with Gasteiger partial charge in [0.15, 0.2) is 0 Å². The summed E-state index contributed by atoms with van der Waals surface area (Å²) in [7, 11) is 0. The minimum Gasteiger partial charge on any atom is -0.491 e. The Kier molecular flexibility index (Phi) is 3.94. The van der Waals surface area contributed by atoms with Crippen LogP contribution in [0.1, 0.15) is 20.3 Å². The van der Waals surface area contributed by atoms with E-state index in [1.54, 1.807) is 18.7 Å². The van der Waals surface area contributed by atoms with Gasteiger partial charge in [-0.05, 0) is 26.0 Å². The highest BCUT2D eigenvalue weighted by atomic mass is 16.5. The molecule has 0 atom stereocenters. The van der Waals surface area contributed by atoms with E-state index in [4.69, 9.17) is 10.6 Å². The lowest BCUT2D eigenvalue weighted by Crippen LogP contribution is -2.48. The SMILES string of the molecule is CC(C)(CN1C(=O)CCOc2ccccc21)C(=O)NN. The quantitative estimate of drug-likeness (QED) is 0.486. The summed E-state index contributed by atoms with van der Waals surface area (Å²) in [4.78, 5) is 25.6. The van der Waals surface area contributed by atoms with Crippen molar-refractivity contribution in [3.63, 3.8) is 0 Å². The van der Waals surface area contributed by atoms with Crippen molar-refractivity contribution in [2.24, 2.45) is 11.3 Å². The second-order valence-corrected chi connectivity index (χ2v) is 5.40. The Labute approximate surface area is 117 Å². The molecule has 0 aromatic heterocycles. The number of anilines is 1. The first-order valence-corrected chi connectivity index (χ1v) is 6.49. The molecule has 20 heavy (non-hydrogen) atoms. The van der Waals surface area contributed by atoms with E-state index in [0.29, 0.717) is 18.0 Å². The van der Waals surface area contributed by atoms with Crippen LogP contribution < -0.4 is 20.9 Å². The number of fused-ring (bicyclic) bond motifs is 1. The summed E-state index contributed by atoms with van der Waals surface area (Å²) in [5.41, 5.74) is 2.04. The van der Waals surface area contributed by atoms with Gasteiger partial charge in [0.2, 0.25) is 11.8 Å². The molecule has 0 unspecified atom stereocenters. The van der Waals surface area contributed by atoms with Crippen molar-refractivity contribution >= 4 is 17.5 Å². The molecule has 1 aromatic carbocycles. The molecule has 3 N–H and O–H groups in total. The number of hydrogen-bond acceptors (Lipinski definition) is 4. The molecule has 0 fully saturated rings. The maximum Gasteiger partial charge on any atom is 0.241 e. The molecule has 0 spiro atoms. The number of nitrogens with one attached hydrogen (secondary N) is 1. The maximum atomic E-state index is 12.2. The van der Waals surface area contributed by atoms with E-state index in [1.165, 1.54) is 0 Å². The summed E-state index contributed by atoms with van der Waals surface area (Å²) in [6, 6.07) is 7.32. The van der Waals surface area contributed by atoms with E-state index < -0.39 is 5.41 Å². The van der Waals surface area contributed by atoms with Crippen LogP contribution in [0.4, 0.5) is 5.69 Å². The van der Waals surface area contributed by atoms with Crippen molar-refractivity contribution in [3.05, 3.63) is 24.3 Å². The number of ether oxygens (including phenoxy) is 1. The van der Waals surface area contributed by atoms with Crippen LogP contribution in [0.25, 0.3) is 0 Å². The Balaban J connectivity index is 2.34. The van der Waals surface area contributed by atoms with Crippen molar-refractivity contribution in [2.75, 3.05) is 18.1 Å². The van der Waals surface area contributed by atoms with Crippen LogP contribution in [0.5, 0.6) is 5.75 Å². The number of nitrogens with two attached hydrogens (primary N) is 1. The predicted molar refractivity (Wildman–Crippen MR) is 75.0 cm³/mol. The van der Waals surface area contributed by atoms with Gasteiger partial charge in [-0.3, -0.25) is 15.0 Å². The lowest BCUT2D eigenvalue weighted by atomic mass is 9.91. The number of para-hydroxylation sites is 2. The van der Waals surface area contributed by atoms with Gasteiger partial charge in [-0.2, -0.15) is 0 Å². The topological polar surface area (TPSA) is 84.7 Å². The van der Waals surface area contributed by atoms with Crippen molar-refractivity contribution in [3.8, 4) is 5.75 Å². The van der Waals surface area contributed by atoms with Crippen LogP contribution in [-0.4, -0.2) is 25.0 Å². The third-order valence-electron chi connectivity index (χ3n) is 3.33. The lowest BCUT2D eigenvalue weighted by Gasteiger charge is -2.30. The second kappa shape index (κ2) is 5.50. The van der Waals surface area contributed by atoms with Gasteiger partial charge in [-0.15, -0.1) is 0 Å². The van der Waals surface area contributed by atoms with E-state index in [0.717, 1.165) is 0 Å². The Morgan fingerprint density at radius 3 is 2.85 bits per heavy atom. The predicted octanol–water partition coefficient (Wildman–Crippen LogP) is 0.818. The molecule has 1 aliphatic heterocycles. The van der Waals surface area contributed by atoms with Crippen LogP contribution >= 0.6 is 0 Å². The summed E-state index contributed by atoms with van der Waals surface area (Å²) in [6.07, 6.45) is 0.287. The highest BCUT2D eigenvalue weighted by Gasteiger charge is 2.34. The molecular weight excluding hydrogens is 258 g/mol. The molecule has 108 valence electrons. The van der Waals surface area contributed by atoms with Crippen molar-refractivity contribution in [1.29, 1.82) is 0 Å². The smallest absolute Gasteiger partial charge is 0.241 e. The number of benzene rings is 1. The van der Waals surface area contributed by atoms with Crippen LogP contribution in [0.2, 0.25) is 0 Å². The largest absolute Gasteiger partial charge is 0.491 e. The number of carbonyl (C=O) groups is 2. The fourth-order valence-electron chi connectivity index (χ4n) is 2.16. The fraction of sp³-hybridized carbons (Fsp3) is 0.429. The number of amides is 2. The molecule has 0 aliphatic carbocycles. The zero-order valence-electron chi connectivity index (χ0n) is 11.7. The van der Waals surface area contributed by atoms with Crippen LogP contribution in [-0.2, 0) is 9.59 Å². The number of hydrogen-bond donors (Lipinski definition) is 2. The Hall–Kier alpha value is -2.08. The molecule has 6 nitrogen and oxygen atoms in total. The van der Waals surface area contributed by atoms with Crippen molar-refractivity contribution in [2.45, 2.75) is 20.3 Å². The first-order valence-electron chi connectivity index (χ1n) is 6.49. The van der Waals surface area contributed by atoms with E-state index in [-0.39, 0.29) is 24.8 Å². The molecule has 0 saturated carbocycles. The van der Waals surface area contributed by atoms with E-state index in [2.05, 4.69) is 5.43 Å². The molecule has 1 aromatic rings. The third-order valence-corrected chi connectivity index (χ3v) is 3.33. The van der Waals surface area contributed by atoms with E-state index >= 15 is 0 Å². The van der Waals surface area contributed by atoms with E-state index in [1.807, 2.05) is 24.3 Å². The standard InChI is InChI=1S/C14H19N3O3/c1-14(2,13(19)16-15)9-17-10-5-3-4-6-11(10)20-8-7-12(17)18/h3-6H,7-9,15H2,1-2H3,(H,16,19). The third kappa shape index (κ3) is 2.75. The minimum absolute atomic E-state index is 0.0622. The van der Waals surface area contributed by atoms with Gasteiger partial charge in [0, 0.05) is 6.54 Å². The van der Waals surface area contributed by atoms with Gasteiger partial charge in [0.25, 0.3) is 0 Å². The zero-order chi connectivity index (χ0) is 14.8. The summed E-state index contributed by atoms with van der Waals surface area (Å²) in [6.45, 7) is 4.08. The van der Waals surface area contributed by atoms with Crippen LogP contribution in [0.15, 0.2) is 24.3 Å². The number of nitrogens with zero attached hydrogens (tertiary/aromatic N) is 1. The Bertz CT molecular complexity index is 528. The monoisotopic (exact) mass is 277 g/mol.